The maximum Gasteiger partial charge on any atom is 0.301 e. The highest BCUT2D eigenvalue weighted by Gasteiger charge is 2.13. The molecule has 0 bridgehead atoms. The van der Waals surface area contributed by atoms with Crippen LogP contribution in [0, 0.1) is 0 Å². The predicted molar refractivity (Wildman–Crippen MR) is 113 cm³/mol. The minimum absolute atomic E-state index is 0.505. The fourth-order valence-corrected chi connectivity index (χ4v) is 3.56. The second-order valence-corrected chi connectivity index (χ2v) is 8.57. The fraction of sp³-hybridized carbons (Fsp3) is 0.0952. The summed E-state index contributed by atoms with van der Waals surface area (Å²) in [5.41, 5.74) is 5.22. The van der Waals surface area contributed by atoms with Crippen molar-refractivity contribution in [2.75, 3.05) is 18.8 Å². The summed E-state index contributed by atoms with van der Waals surface area (Å²) in [7, 11) is -0.577. The minimum Gasteiger partial charge on any atom is -0.339 e. The molecule has 142 valence electrons. The number of rotatable bonds is 5. The molecule has 0 unspecified atom stereocenters. The van der Waals surface area contributed by atoms with Gasteiger partial charge >= 0.3 is 10.2 Å². The highest BCUT2D eigenvalue weighted by Crippen LogP contribution is 2.28. The molecule has 0 saturated heterocycles. The molecule has 0 amide bonds. The molecule has 0 aliphatic carbocycles. The molecule has 0 saturated carbocycles. The summed E-state index contributed by atoms with van der Waals surface area (Å²) in [5, 5.41) is 0.996. The highest BCUT2D eigenvalue weighted by atomic mass is 32.2. The molecule has 0 fully saturated rings. The Labute approximate surface area is 164 Å². The van der Waals surface area contributed by atoms with E-state index in [4.69, 9.17) is 0 Å². The summed E-state index contributed by atoms with van der Waals surface area (Å²) in [6.45, 7) is 0. The van der Waals surface area contributed by atoms with Crippen LogP contribution in [-0.4, -0.2) is 36.8 Å². The van der Waals surface area contributed by atoms with Gasteiger partial charge in [0.2, 0.25) is 0 Å². The van der Waals surface area contributed by atoms with E-state index in [0.29, 0.717) is 5.69 Å². The number of aromatic nitrogens is 2. The molecular weight excluding hydrogens is 372 g/mol. The zero-order valence-corrected chi connectivity index (χ0v) is 16.4. The van der Waals surface area contributed by atoms with Crippen LogP contribution in [0.3, 0.4) is 0 Å². The van der Waals surface area contributed by atoms with Gasteiger partial charge in [0.05, 0.1) is 5.69 Å². The third-order valence-electron chi connectivity index (χ3n) is 4.48. The van der Waals surface area contributed by atoms with Crippen LogP contribution in [0.25, 0.3) is 33.4 Å². The largest absolute Gasteiger partial charge is 0.339 e. The SMILES string of the molecule is CN(C)S(=O)(=O)Nc1cccc(-c2cnc3[nH]c(-c4ccccc4)cc3c2)c1. The molecule has 0 aliphatic heterocycles. The van der Waals surface area contributed by atoms with Gasteiger partial charge in [0.15, 0.2) is 0 Å². The Morgan fingerprint density at radius 1 is 0.893 bits per heavy atom. The van der Waals surface area contributed by atoms with Gasteiger partial charge in [0.1, 0.15) is 5.65 Å². The van der Waals surface area contributed by atoms with Crippen molar-refractivity contribution in [2.24, 2.45) is 0 Å². The maximum absolute atomic E-state index is 12.1. The third-order valence-corrected chi connectivity index (χ3v) is 5.93. The van der Waals surface area contributed by atoms with E-state index in [1.807, 2.05) is 48.5 Å². The van der Waals surface area contributed by atoms with Crippen LogP contribution in [0.4, 0.5) is 5.69 Å². The van der Waals surface area contributed by atoms with Crippen LogP contribution in [0.15, 0.2) is 72.9 Å². The van der Waals surface area contributed by atoms with Crippen molar-refractivity contribution < 1.29 is 8.42 Å². The van der Waals surface area contributed by atoms with E-state index in [-0.39, 0.29) is 0 Å². The van der Waals surface area contributed by atoms with Gasteiger partial charge in [-0.15, -0.1) is 0 Å². The number of hydrogen-bond acceptors (Lipinski definition) is 3. The van der Waals surface area contributed by atoms with E-state index >= 15 is 0 Å². The summed E-state index contributed by atoms with van der Waals surface area (Å²) >= 11 is 0. The lowest BCUT2D eigenvalue weighted by Crippen LogP contribution is -2.28. The van der Waals surface area contributed by atoms with Crippen molar-refractivity contribution in [1.82, 2.24) is 14.3 Å². The molecule has 2 aromatic carbocycles. The minimum atomic E-state index is -3.55. The first-order valence-corrected chi connectivity index (χ1v) is 10.2. The number of benzene rings is 2. The standard InChI is InChI=1S/C21H20N4O2S/c1-25(2)28(26,27)24-19-10-6-9-16(12-19)18-11-17-13-20(23-21(17)22-14-18)15-7-4-3-5-8-15/h3-14,24H,1-2H3,(H,22,23). The summed E-state index contributed by atoms with van der Waals surface area (Å²) in [4.78, 5) is 7.87. The van der Waals surface area contributed by atoms with Crippen molar-refractivity contribution in [3.05, 3.63) is 72.9 Å². The number of nitrogens with one attached hydrogen (secondary N) is 2. The second kappa shape index (κ2) is 7.10. The molecule has 6 nitrogen and oxygen atoms in total. The quantitative estimate of drug-likeness (QED) is 0.536. The lowest BCUT2D eigenvalue weighted by molar-refractivity contribution is 0.527. The van der Waals surface area contributed by atoms with Crippen LogP contribution in [0.1, 0.15) is 0 Å². The first kappa shape index (κ1) is 18.2. The summed E-state index contributed by atoms with van der Waals surface area (Å²) in [6, 6.07) is 21.5. The van der Waals surface area contributed by atoms with E-state index in [1.54, 1.807) is 18.3 Å². The summed E-state index contributed by atoms with van der Waals surface area (Å²) in [6.07, 6.45) is 1.78. The lowest BCUT2D eigenvalue weighted by atomic mass is 10.1. The first-order chi connectivity index (χ1) is 13.4. The molecule has 28 heavy (non-hydrogen) atoms. The molecule has 7 heteroatoms. The first-order valence-electron chi connectivity index (χ1n) is 8.77. The lowest BCUT2D eigenvalue weighted by Gasteiger charge is -2.14. The molecule has 2 heterocycles. The van der Waals surface area contributed by atoms with E-state index < -0.39 is 10.2 Å². The Bertz CT molecular complexity index is 1230. The molecule has 2 N–H and O–H groups in total. The Hall–Kier alpha value is -3.16. The molecule has 0 spiro atoms. The summed E-state index contributed by atoms with van der Waals surface area (Å²) < 4.78 is 27.8. The number of nitrogens with zero attached hydrogens (tertiary/aromatic N) is 2. The highest BCUT2D eigenvalue weighted by molar-refractivity contribution is 7.90. The normalized spacial score (nSPS) is 11.8. The Kier molecular flexibility index (Phi) is 4.62. The summed E-state index contributed by atoms with van der Waals surface area (Å²) in [5.74, 6) is 0. The van der Waals surface area contributed by atoms with Gasteiger partial charge in [0.25, 0.3) is 0 Å². The predicted octanol–water partition coefficient (Wildman–Crippen LogP) is 4.12. The van der Waals surface area contributed by atoms with Crippen molar-refractivity contribution in [1.29, 1.82) is 0 Å². The van der Waals surface area contributed by atoms with E-state index in [2.05, 4.69) is 20.8 Å². The Morgan fingerprint density at radius 3 is 2.39 bits per heavy atom. The van der Waals surface area contributed by atoms with Gasteiger partial charge in [-0.2, -0.15) is 12.7 Å². The van der Waals surface area contributed by atoms with Crippen molar-refractivity contribution in [3.8, 4) is 22.4 Å². The number of anilines is 1. The number of aromatic amines is 1. The monoisotopic (exact) mass is 392 g/mol. The zero-order chi connectivity index (χ0) is 19.7. The van der Waals surface area contributed by atoms with E-state index in [0.717, 1.165) is 37.7 Å². The Balaban J connectivity index is 1.69. The van der Waals surface area contributed by atoms with Gasteiger partial charge in [-0.1, -0.05) is 42.5 Å². The van der Waals surface area contributed by atoms with Crippen LogP contribution < -0.4 is 4.72 Å². The van der Waals surface area contributed by atoms with Crippen molar-refractivity contribution in [2.45, 2.75) is 0 Å². The molecule has 2 aromatic heterocycles. The van der Waals surface area contributed by atoms with E-state index in [1.165, 1.54) is 14.1 Å². The van der Waals surface area contributed by atoms with Crippen molar-refractivity contribution >= 4 is 26.9 Å². The van der Waals surface area contributed by atoms with Gasteiger partial charge < -0.3 is 4.98 Å². The smallest absolute Gasteiger partial charge is 0.301 e. The van der Waals surface area contributed by atoms with Crippen molar-refractivity contribution in [3.63, 3.8) is 0 Å². The Morgan fingerprint density at radius 2 is 1.64 bits per heavy atom. The number of H-pyrrole nitrogens is 1. The second-order valence-electron chi connectivity index (χ2n) is 6.68. The zero-order valence-electron chi connectivity index (χ0n) is 15.5. The van der Waals surface area contributed by atoms with Gasteiger partial charge in [-0.05, 0) is 35.4 Å². The number of pyridine rings is 1. The molecular formula is C21H20N4O2S. The molecule has 0 atom stereocenters. The van der Waals surface area contributed by atoms with Crippen LogP contribution in [0.2, 0.25) is 0 Å². The van der Waals surface area contributed by atoms with Crippen LogP contribution in [0.5, 0.6) is 0 Å². The molecule has 0 radical (unpaired) electrons. The van der Waals surface area contributed by atoms with Crippen LogP contribution >= 0.6 is 0 Å². The van der Waals surface area contributed by atoms with Gasteiger partial charge in [-0.25, -0.2) is 4.98 Å². The topological polar surface area (TPSA) is 78.1 Å². The maximum atomic E-state index is 12.1. The number of fused-ring (bicyclic) bond motifs is 1. The van der Waals surface area contributed by atoms with E-state index in [9.17, 15) is 8.42 Å². The van der Waals surface area contributed by atoms with Crippen LogP contribution in [-0.2, 0) is 10.2 Å². The average Bonchev–Trinajstić information content (AvgIpc) is 3.12. The fourth-order valence-electron chi connectivity index (χ4n) is 2.95. The molecule has 0 aliphatic rings. The average molecular weight is 392 g/mol. The third kappa shape index (κ3) is 3.62. The molecule has 4 rings (SSSR count). The number of hydrogen-bond donors (Lipinski definition) is 2. The molecule has 4 aromatic rings. The van der Waals surface area contributed by atoms with Gasteiger partial charge in [-0.3, -0.25) is 4.72 Å². The van der Waals surface area contributed by atoms with Gasteiger partial charge in [0, 0.05) is 36.9 Å².